The molecule has 4 heterocycles. The van der Waals surface area contributed by atoms with E-state index in [-0.39, 0.29) is 23.5 Å². The molecule has 0 bridgehead atoms. The van der Waals surface area contributed by atoms with E-state index in [9.17, 15) is 9.59 Å². The summed E-state index contributed by atoms with van der Waals surface area (Å²) in [4.78, 5) is 31.4. The Kier molecular flexibility index (Phi) is 4.11. The molecule has 0 unspecified atom stereocenters. The van der Waals surface area contributed by atoms with Crippen LogP contribution in [0.2, 0.25) is 0 Å². The first kappa shape index (κ1) is 16.3. The Labute approximate surface area is 146 Å². The molecular formula is C18H24N4O3. The average Bonchev–Trinajstić information content (AvgIpc) is 3.29. The summed E-state index contributed by atoms with van der Waals surface area (Å²) in [7, 11) is 0. The smallest absolute Gasteiger partial charge is 0.275 e. The molecule has 1 amide bonds. The molecule has 7 nitrogen and oxygen atoms in total. The van der Waals surface area contributed by atoms with Crippen LogP contribution >= 0.6 is 0 Å². The number of ether oxygens (including phenoxy) is 1. The van der Waals surface area contributed by atoms with E-state index in [1.54, 1.807) is 6.92 Å². The molecule has 134 valence electrons. The van der Waals surface area contributed by atoms with E-state index in [0.29, 0.717) is 24.4 Å². The zero-order valence-corrected chi connectivity index (χ0v) is 14.7. The summed E-state index contributed by atoms with van der Waals surface area (Å²) >= 11 is 0. The van der Waals surface area contributed by atoms with Gasteiger partial charge in [0.05, 0.1) is 0 Å². The number of carbonyl (C=O) groups is 1. The van der Waals surface area contributed by atoms with Crippen LogP contribution in [0, 0.1) is 13.8 Å². The normalized spacial score (nSPS) is 24.2. The second-order valence-corrected chi connectivity index (χ2v) is 7.16. The summed E-state index contributed by atoms with van der Waals surface area (Å²) in [5.41, 5.74) is 2.97. The predicted molar refractivity (Wildman–Crippen MR) is 92.8 cm³/mol. The second kappa shape index (κ2) is 6.29. The molecule has 4 rings (SSSR count). The molecule has 2 fully saturated rings. The van der Waals surface area contributed by atoms with Gasteiger partial charge in [-0.3, -0.25) is 14.7 Å². The van der Waals surface area contributed by atoms with Gasteiger partial charge in [0.25, 0.3) is 11.5 Å². The number of fused-ring (bicyclic) bond motifs is 1. The Balaban J connectivity index is 1.59. The van der Waals surface area contributed by atoms with Crippen molar-refractivity contribution in [3.8, 4) is 0 Å². The van der Waals surface area contributed by atoms with Crippen molar-refractivity contribution in [2.24, 2.45) is 0 Å². The summed E-state index contributed by atoms with van der Waals surface area (Å²) in [5.74, 6) is 0.307. The molecule has 25 heavy (non-hydrogen) atoms. The minimum absolute atomic E-state index is 0.0585. The summed E-state index contributed by atoms with van der Waals surface area (Å²) in [5, 5.41) is 3.20. The monoisotopic (exact) mass is 344 g/mol. The summed E-state index contributed by atoms with van der Waals surface area (Å²) in [6.07, 6.45) is 3.47. The Hall–Kier alpha value is -2.15. The lowest BCUT2D eigenvalue weighted by atomic mass is 9.94. The van der Waals surface area contributed by atoms with Crippen LogP contribution in [0.3, 0.4) is 0 Å². The van der Waals surface area contributed by atoms with Gasteiger partial charge < -0.3 is 9.64 Å². The van der Waals surface area contributed by atoms with Crippen LogP contribution < -0.4 is 5.56 Å². The third-order valence-corrected chi connectivity index (χ3v) is 5.48. The first-order valence-corrected chi connectivity index (χ1v) is 9.04. The van der Waals surface area contributed by atoms with E-state index in [0.717, 1.165) is 43.6 Å². The molecule has 0 radical (unpaired) electrons. The lowest BCUT2D eigenvalue weighted by Gasteiger charge is -2.33. The highest BCUT2D eigenvalue weighted by Crippen LogP contribution is 2.28. The lowest BCUT2D eigenvalue weighted by molar-refractivity contribution is -0.142. The molecular weight excluding hydrogens is 320 g/mol. The molecule has 0 saturated carbocycles. The van der Waals surface area contributed by atoms with Crippen molar-refractivity contribution in [3.63, 3.8) is 0 Å². The van der Waals surface area contributed by atoms with Gasteiger partial charge in [-0.15, -0.1) is 0 Å². The average molecular weight is 344 g/mol. The predicted octanol–water partition coefficient (Wildman–Crippen LogP) is 1.52. The van der Waals surface area contributed by atoms with Gasteiger partial charge in [-0.1, -0.05) is 0 Å². The molecule has 0 aliphatic carbocycles. The molecule has 7 heteroatoms. The van der Waals surface area contributed by atoms with Crippen molar-refractivity contribution in [2.45, 2.75) is 51.6 Å². The largest absolute Gasteiger partial charge is 0.368 e. The number of nitrogens with one attached hydrogen (secondary N) is 1. The number of H-pyrrole nitrogens is 1. The number of aromatic nitrogens is 3. The maximum Gasteiger partial charge on any atom is 0.275 e. The fourth-order valence-corrected chi connectivity index (χ4v) is 3.85. The zero-order valence-electron chi connectivity index (χ0n) is 14.7. The van der Waals surface area contributed by atoms with Crippen molar-refractivity contribution in [1.82, 2.24) is 19.5 Å². The molecule has 0 spiro atoms. The fraction of sp³-hybridized carbons (Fsp3) is 0.611. The van der Waals surface area contributed by atoms with Crippen LogP contribution in [-0.4, -0.2) is 51.2 Å². The Morgan fingerprint density at radius 3 is 2.92 bits per heavy atom. The van der Waals surface area contributed by atoms with Gasteiger partial charge in [-0.25, -0.2) is 9.50 Å². The van der Waals surface area contributed by atoms with E-state index in [4.69, 9.17) is 4.74 Å². The number of aryl methyl sites for hydroxylation is 1. The highest BCUT2D eigenvalue weighted by atomic mass is 16.5. The van der Waals surface area contributed by atoms with Crippen LogP contribution in [0.15, 0.2) is 10.9 Å². The fourth-order valence-electron chi connectivity index (χ4n) is 3.85. The van der Waals surface area contributed by atoms with E-state index >= 15 is 0 Å². The first-order chi connectivity index (χ1) is 12.0. The number of rotatable bonds is 2. The zero-order chi connectivity index (χ0) is 17.6. The molecule has 2 atom stereocenters. The number of amides is 1. The summed E-state index contributed by atoms with van der Waals surface area (Å²) in [6, 6.07) is 1.94. The highest BCUT2D eigenvalue weighted by molar-refractivity contribution is 5.81. The van der Waals surface area contributed by atoms with Gasteiger partial charge in [0.1, 0.15) is 6.10 Å². The summed E-state index contributed by atoms with van der Waals surface area (Å²) in [6.45, 7) is 5.78. The number of piperidine rings is 1. The minimum Gasteiger partial charge on any atom is -0.368 e. The quantitative estimate of drug-likeness (QED) is 0.896. The van der Waals surface area contributed by atoms with Crippen molar-refractivity contribution in [1.29, 1.82) is 0 Å². The highest BCUT2D eigenvalue weighted by Gasteiger charge is 2.32. The number of carbonyl (C=O) groups excluding carboxylic acids is 1. The number of nitrogens with zero attached hydrogens (tertiary/aromatic N) is 3. The number of likely N-dealkylation sites (tertiary alicyclic amines) is 1. The topological polar surface area (TPSA) is 79.7 Å². The number of hydrogen-bond acceptors (Lipinski definition) is 4. The van der Waals surface area contributed by atoms with Gasteiger partial charge in [-0.05, 0) is 39.5 Å². The van der Waals surface area contributed by atoms with Crippen molar-refractivity contribution < 1.29 is 9.53 Å². The SMILES string of the molecule is Cc1nc2cc([C@H]3CCCN(C(=O)[C@@H]4CCCO4)C3)[nH]n2c(=O)c1C. The first-order valence-electron chi connectivity index (χ1n) is 9.04. The van der Waals surface area contributed by atoms with Crippen LogP contribution in [0.4, 0.5) is 0 Å². The Bertz CT molecular complexity index is 863. The van der Waals surface area contributed by atoms with E-state index in [1.165, 1.54) is 4.52 Å². The van der Waals surface area contributed by atoms with E-state index in [2.05, 4.69) is 10.1 Å². The van der Waals surface area contributed by atoms with Gasteiger partial charge >= 0.3 is 0 Å². The lowest BCUT2D eigenvalue weighted by Crippen LogP contribution is -2.44. The van der Waals surface area contributed by atoms with Crippen LogP contribution in [-0.2, 0) is 9.53 Å². The van der Waals surface area contributed by atoms with Gasteiger partial charge in [0, 0.05) is 48.6 Å². The number of hydrogen-bond donors (Lipinski definition) is 1. The molecule has 2 saturated heterocycles. The van der Waals surface area contributed by atoms with Crippen molar-refractivity contribution in [2.75, 3.05) is 19.7 Å². The minimum atomic E-state index is -0.268. The van der Waals surface area contributed by atoms with E-state index in [1.807, 2.05) is 17.9 Å². The molecule has 2 aliphatic heterocycles. The van der Waals surface area contributed by atoms with Crippen LogP contribution in [0.1, 0.15) is 48.6 Å². The molecule has 2 aromatic rings. The third-order valence-electron chi connectivity index (χ3n) is 5.48. The van der Waals surface area contributed by atoms with Gasteiger partial charge in [0.2, 0.25) is 0 Å². The van der Waals surface area contributed by atoms with Crippen LogP contribution in [0.5, 0.6) is 0 Å². The maximum atomic E-state index is 12.6. The second-order valence-electron chi connectivity index (χ2n) is 7.16. The Morgan fingerprint density at radius 2 is 2.16 bits per heavy atom. The summed E-state index contributed by atoms with van der Waals surface area (Å²) < 4.78 is 7.06. The van der Waals surface area contributed by atoms with Crippen LogP contribution in [0.25, 0.3) is 5.65 Å². The number of aromatic amines is 1. The molecule has 1 N–H and O–H groups in total. The maximum absolute atomic E-state index is 12.6. The third kappa shape index (κ3) is 2.86. The molecule has 0 aromatic carbocycles. The molecule has 2 aliphatic rings. The Morgan fingerprint density at radius 1 is 1.32 bits per heavy atom. The van der Waals surface area contributed by atoms with E-state index < -0.39 is 0 Å². The molecule has 2 aromatic heterocycles. The van der Waals surface area contributed by atoms with Crippen molar-refractivity contribution >= 4 is 11.6 Å². The van der Waals surface area contributed by atoms with Crippen molar-refractivity contribution in [3.05, 3.63) is 33.4 Å². The van der Waals surface area contributed by atoms with Gasteiger partial charge in [0.15, 0.2) is 5.65 Å². The van der Waals surface area contributed by atoms with Gasteiger partial charge in [-0.2, -0.15) is 0 Å². The standard InChI is InChI=1S/C18H24N4O3/c1-11-12(2)19-16-9-14(20-22(16)17(11)23)13-5-3-7-21(10-13)18(24)15-6-4-8-25-15/h9,13,15,20H,3-8,10H2,1-2H3/t13-,15-/m0/s1.